The summed E-state index contributed by atoms with van der Waals surface area (Å²) < 4.78 is 11.4. The van der Waals surface area contributed by atoms with Gasteiger partial charge in [0.25, 0.3) is 0 Å². The van der Waals surface area contributed by atoms with E-state index in [1.54, 1.807) is 0 Å². The number of aromatic nitrogens is 3. The second-order valence-electron chi connectivity index (χ2n) is 18.2. The number of phenolic OH excluding ortho intramolecular Hbond substituents is 1. The van der Waals surface area contributed by atoms with Crippen LogP contribution in [0.15, 0.2) is 134 Å². The summed E-state index contributed by atoms with van der Waals surface area (Å²) in [6.45, 7) is 21.2. The second-order valence-corrected chi connectivity index (χ2v) is 18.2. The molecule has 0 saturated heterocycles. The Hall–Kier alpha value is -5.57. The molecule has 0 radical (unpaired) electrons. The zero-order valence-electron chi connectivity index (χ0n) is 37.3. The molecule has 0 aliphatic heterocycles. The van der Waals surface area contributed by atoms with Crippen LogP contribution in [0.2, 0.25) is 0 Å². The molecule has 0 aliphatic rings. The van der Waals surface area contributed by atoms with Crippen LogP contribution in [-0.4, -0.2) is 19.6 Å². The first-order chi connectivity index (χ1) is 28.4. The number of benzene rings is 6. The van der Waals surface area contributed by atoms with E-state index in [2.05, 4.69) is 149 Å². The van der Waals surface area contributed by atoms with Gasteiger partial charge in [-0.2, -0.15) is 0 Å². The van der Waals surface area contributed by atoms with Gasteiger partial charge in [-0.15, -0.1) is 29.3 Å². The summed E-state index contributed by atoms with van der Waals surface area (Å²) in [4.78, 5) is 10.3. The molecule has 0 saturated carbocycles. The molecule has 5 heteroatoms. The smallest absolute Gasteiger partial charge is 0.148 e. The number of hydrogen-bond donors (Lipinski definition) is 1. The predicted molar refractivity (Wildman–Crippen MR) is 248 cm³/mol. The number of hydrogen-bond acceptors (Lipinski definition) is 3. The van der Waals surface area contributed by atoms with Gasteiger partial charge in [0.1, 0.15) is 11.6 Å². The van der Waals surface area contributed by atoms with Crippen molar-refractivity contribution in [3.8, 4) is 67.5 Å². The van der Waals surface area contributed by atoms with E-state index < -0.39 is 5.89 Å². The quantitative estimate of drug-likeness (QED) is 0.162. The molecule has 8 aromatic rings. The van der Waals surface area contributed by atoms with E-state index >= 15 is 0 Å². The van der Waals surface area contributed by atoms with E-state index in [0.717, 1.165) is 83.6 Å². The molecule has 0 bridgehead atoms. The Bertz CT molecular complexity index is 2890. The zero-order valence-corrected chi connectivity index (χ0v) is 38.6. The third kappa shape index (κ3) is 8.28. The molecule has 1 N–H and O–H groups in total. The molecule has 0 spiro atoms. The van der Waals surface area contributed by atoms with E-state index in [1.165, 1.54) is 5.56 Å². The molecule has 8 rings (SSSR count). The van der Waals surface area contributed by atoms with Gasteiger partial charge in [0.05, 0.1) is 16.6 Å². The normalized spacial score (nSPS) is 12.3. The molecule has 2 heterocycles. The number of aryl methyl sites for hydroxylation is 2. The van der Waals surface area contributed by atoms with Gasteiger partial charge in [-0.3, -0.25) is 9.55 Å². The number of rotatable bonds is 7. The first-order valence-electron chi connectivity index (χ1n) is 21.0. The van der Waals surface area contributed by atoms with Gasteiger partial charge in [0, 0.05) is 40.0 Å². The third-order valence-electron chi connectivity index (χ3n) is 11.4. The van der Waals surface area contributed by atoms with Gasteiger partial charge in [-0.25, -0.2) is 4.98 Å². The van der Waals surface area contributed by atoms with Crippen LogP contribution in [-0.2, 0) is 31.9 Å². The summed E-state index contributed by atoms with van der Waals surface area (Å²) >= 11 is 0. The molecule has 60 heavy (non-hydrogen) atoms. The average Bonchev–Trinajstić information content (AvgIpc) is 3.61. The minimum Gasteiger partial charge on any atom is -0.507 e. The summed E-state index contributed by atoms with van der Waals surface area (Å²) in [5.74, 6) is -0.0736. The van der Waals surface area contributed by atoms with Crippen LogP contribution < -0.4 is 0 Å². The Labute approximate surface area is 372 Å². The Morgan fingerprint density at radius 3 is 2.03 bits per heavy atom. The van der Waals surface area contributed by atoms with E-state index in [-0.39, 0.29) is 37.6 Å². The molecular weight excluding hydrogens is 914 g/mol. The predicted octanol–water partition coefficient (Wildman–Crippen LogP) is 14.6. The molecule has 0 unspecified atom stereocenters. The number of imidazole rings is 1. The van der Waals surface area contributed by atoms with Crippen molar-refractivity contribution in [3.05, 3.63) is 167 Å². The minimum absolute atomic E-state index is 0. The number of para-hydroxylation sites is 1. The maximum absolute atomic E-state index is 11.7. The van der Waals surface area contributed by atoms with Crippen molar-refractivity contribution in [2.24, 2.45) is 0 Å². The molecule has 0 fully saturated rings. The van der Waals surface area contributed by atoms with Gasteiger partial charge in [0.15, 0.2) is 0 Å². The van der Waals surface area contributed by atoms with Crippen LogP contribution >= 0.6 is 0 Å². The van der Waals surface area contributed by atoms with Crippen molar-refractivity contribution in [1.29, 1.82) is 0 Å². The van der Waals surface area contributed by atoms with E-state index in [1.807, 2.05) is 64.2 Å². The number of phenols is 1. The topological polar surface area (TPSA) is 50.9 Å². The molecule has 306 valence electrons. The van der Waals surface area contributed by atoms with Crippen molar-refractivity contribution >= 4 is 11.0 Å². The second kappa shape index (κ2) is 16.5. The van der Waals surface area contributed by atoms with Crippen molar-refractivity contribution in [2.75, 3.05) is 0 Å². The first kappa shape index (κ1) is 41.2. The Balaban J connectivity index is 0.00000561. The Morgan fingerprint density at radius 2 is 1.35 bits per heavy atom. The van der Waals surface area contributed by atoms with Crippen LogP contribution in [0.4, 0.5) is 0 Å². The van der Waals surface area contributed by atoms with Crippen LogP contribution in [0.5, 0.6) is 5.75 Å². The van der Waals surface area contributed by atoms with E-state index in [0.29, 0.717) is 11.4 Å². The molecule has 0 atom stereocenters. The fourth-order valence-corrected chi connectivity index (χ4v) is 8.05. The van der Waals surface area contributed by atoms with Gasteiger partial charge < -0.3 is 5.11 Å². The van der Waals surface area contributed by atoms with E-state index in [9.17, 15) is 6.48 Å². The average molecular weight is 969 g/mol. The van der Waals surface area contributed by atoms with Crippen molar-refractivity contribution < 1.29 is 27.5 Å². The largest absolute Gasteiger partial charge is 0.507 e. The summed E-state index contributed by atoms with van der Waals surface area (Å²) in [6.07, 6.45) is 1.89. The molecule has 0 aliphatic carbocycles. The van der Waals surface area contributed by atoms with Crippen molar-refractivity contribution in [1.82, 2.24) is 14.5 Å². The zero-order chi connectivity index (χ0) is 42.7. The van der Waals surface area contributed by atoms with Gasteiger partial charge >= 0.3 is 0 Å². The fourth-order valence-electron chi connectivity index (χ4n) is 8.05. The van der Waals surface area contributed by atoms with Crippen LogP contribution in [0.3, 0.4) is 0 Å². The number of fused-ring (bicyclic) bond motifs is 1. The van der Waals surface area contributed by atoms with Gasteiger partial charge in [0.2, 0.25) is 0 Å². The molecule has 0 amide bonds. The van der Waals surface area contributed by atoms with Crippen molar-refractivity contribution in [2.45, 2.75) is 86.0 Å². The number of aromatic hydroxyl groups is 1. The Kier molecular flexibility index (Phi) is 11.3. The van der Waals surface area contributed by atoms with Crippen molar-refractivity contribution in [3.63, 3.8) is 0 Å². The van der Waals surface area contributed by atoms with Gasteiger partial charge in [-0.05, 0) is 105 Å². The minimum atomic E-state index is -0.898. The molecule has 2 aromatic heterocycles. The summed E-state index contributed by atoms with van der Waals surface area (Å²) in [6, 6.07) is 48.2. The molecular formula is C55H54N3OPt-. The number of pyridine rings is 1. The molecule has 6 aromatic carbocycles. The number of nitrogens with zero attached hydrogens (tertiary/aromatic N) is 3. The summed E-state index contributed by atoms with van der Waals surface area (Å²) in [5.41, 5.74) is 16.2. The first-order valence-corrected chi connectivity index (χ1v) is 20.5. The maximum atomic E-state index is 11.7. The molecule has 4 nitrogen and oxygen atoms in total. The van der Waals surface area contributed by atoms with Gasteiger partial charge in [-0.1, -0.05) is 151 Å². The third-order valence-corrected chi connectivity index (χ3v) is 11.4. The Morgan fingerprint density at radius 1 is 0.650 bits per heavy atom. The monoisotopic (exact) mass is 968 g/mol. The van der Waals surface area contributed by atoms with Crippen LogP contribution in [0, 0.1) is 19.9 Å². The fraction of sp³-hybridized carbons (Fsp3) is 0.236. The maximum Gasteiger partial charge on any atom is 0.148 e. The van der Waals surface area contributed by atoms with Crippen LogP contribution in [0.25, 0.3) is 72.7 Å². The van der Waals surface area contributed by atoms with E-state index in [4.69, 9.17) is 9.97 Å². The van der Waals surface area contributed by atoms with Crippen LogP contribution in [0.1, 0.15) is 90.5 Å². The SMILES string of the molecule is [2H]C(C)(C)c1cc(-n2c(-c3cc(C)cc(C)c3O)nc3c(-c4[c-]c(-c5cc(-c6ccc(C(C)(C)C)cc6)ccn5)cc(C(C)(C)C)c4)cccc32)ccc1-c1ccccc1.[Pt]. The summed E-state index contributed by atoms with van der Waals surface area (Å²) in [5, 5.41) is 11.7. The standard InChI is InChI=1S/C55H54N3O.Pt/c1-34(2)47-33-44(23-24-45(47)38-15-12-11-13-16-38)58-50-18-14-17-46(51(50)57-53(58)48-28-35(3)27-36(4)52(48)59)40-29-41(31-43(30-40)55(8,9)10)49-32-39(25-26-56-49)37-19-21-42(22-20-37)54(5,6)7;/h11-28,30-34,59H,1-10H3;/q-1;/i34D;. The summed E-state index contributed by atoms with van der Waals surface area (Å²) in [7, 11) is 0.